The number of rotatable bonds is 3. The summed E-state index contributed by atoms with van der Waals surface area (Å²) in [6, 6.07) is 10.9. The Labute approximate surface area is 150 Å². The van der Waals surface area contributed by atoms with Crippen molar-refractivity contribution < 1.29 is 15.0 Å². The van der Waals surface area contributed by atoms with Gasteiger partial charge in [0.1, 0.15) is 10.6 Å². The number of thioether (sulfide) groups is 1. The van der Waals surface area contributed by atoms with Crippen molar-refractivity contribution in [1.82, 2.24) is 0 Å². The lowest BCUT2D eigenvalue weighted by atomic mass is 10.0. The zero-order valence-electron chi connectivity index (χ0n) is 13.4. The van der Waals surface area contributed by atoms with Crippen molar-refractivity contribution in [2.45, 2.75) is 25.3 Å². The summed E-state index contributed by atoms with van der Waals surface area (Å²) in [6.07, 6.45) is 0. The van der Waals surface area contributed by atoms with Crippen LogP contribution in [0.15, 0.2) is 36.4 Å². The van der Waals surface area contributed by atoms with E-state index in [-0.39, 0.29) is 18.3 Å². The van der Waals surface area contributed by atoms with Gasteiger partial charge in [-0.25, -0.2) is 0 Å². The Kier molecular flexibility index (Phi) is 4.51. The smallest absolute Gasteiger partial charge is 0.238 e. The minimum absolute atomic E-state index is 0.0243. The molecule has 1 unspecified atom stereocenters. The largest absolute Gasteiger partial charge is 0.507 e. The monoisotopic (exact) mass is 363 g/mol. The van der Waals surface area contributed by atoms with Gasteiger partial charge in [0.2, 0.25) is 5.91 Å². The molecule has 3 rings (SSSR count). The number of hydrogen-bond acceptors (Lipinski definition) is 4. The lowest BCUT2D eigenvalue weighted by molar-refractivity contribution is -0.116. The highest BCUT2D eigenvalue weighted by Gasteiger charge is 2.46. The van der Waals surface area contributed by atoms with Crippen molar-refractivity contribution in [2.24, 2.45) is 0 Å². The fourth-order valence-corrected chi connectivity index (χ4v) is 4.40. The zero-order valence-corrected chi connectivity index (χ0v) is 15.0. The molecule has 0 saturated carbocycles. The molecule has 6 heteroatoms. The second-order valence-electron chi connectivity index (χ2n) is 5.96. The molecule has 2 N–H and O–H groups in total. The van der Waals surface area contributed by atoms with Crippen molar-refractivity contribution in [3.63, 3.8) is 0 Å². The first-order chi connectivity index (χ1) is 11.4. The molecule has 1 aliphatic heterocycles. The van der Waals surface area contributed by atoms with Crippen molar-refractivity contribution in [3.05, 3.63) is 58.1 Å². The van der Waals surface area contributed by atoms with E-state index >= 15 is 0 Å². The third-order valence-electron chi connectivity index (χ3n) is 4.27. The number of anilines is 1. The molecule has 1 amide bonds. The molecule has 1 atom stereocenters. The molecule has 126 valence electrons. The van der Waals surface area contributed by atoms with E-state index in [0.717, 1.165) is 11.3 Å². The molecule has 0 aromatic heterocycles. The summed E-state index contributed by atoms with van der Waals surface area (Å²) in [6.45, 7) is 3.55. The molecule has 1 fully saturated rings. The van der Waals surface area contributed by atoms with Crippen LogP contribution in [0, 0.1) is 6.92 Å². The van der Waals surface area contributed by atoms with Crippen LogP contribution in [0.25, 0.3) is 0 Å². The van der Waals surface area contributed by atoms with Gasteiger partial charge in [-0.1, -0.05) is 29.3 Å². The van der Waals surface area contributed by atoms with Crippen LogP contribution in [0.5, 0.6) is 5.75 Å². The number of carbonyl (C=O) groups excluding carboxylic acids is 1. The van der Waals surface area contributed by atoms with Crippen LogP contribution >= 0.6 is 23.4 Å². The van der Waals surface area contributed by atoms with E-state index in [1.54, 1.807) is 11.0 Å². The van der Waals surface area contributed by atoms with Crippen LogP contribution in [0.2, 0.25) is 5.02 Å². The van der Waals surface area contributed by atoms with Crippen LogP contribution < -0.4 is 4.90 Å². The lowest BCUT2D eigenvalue weighted by Gasteiger charge is -2.35. The van der Waals surface area contributed by atoms with Gasteiger partial charge in [0, 0.05) is 21.8 Å². The number of nitrogens with zero attached hydrogens (tertiary/aromatic N) is 1. The van der Waals surface area contributed by atoms with Gasteiger partial charge in [0.05, 0.1) is 12.4 Å². The number of aliphatic hydroxyl groups is 1. The summed E-state index contributed by atoms with van der Waals surface area (Å²) < 4.78 is 0. The van der Waals surface area contributed by atoms with E-state index in [1.165, 1.54) is 17.8 Å². The summed E-state index contributed by atoms with van der Waals surface area (Å²) in [5, 5.41) is 20.4. The first-order valence-corrected chi connectivity index (χ1v) is 8.89. The molecule has 2 aromatic carbocycles. The summed E-state index contributed by atoms with van der Waals surface area (Å²) >= 11 is 7.59. The summed E-state index contributed by atoms with van der Waals surface area (Å²) in [5.41, 5.74) is 2.74. The lowest BCUT2D eigenvalue weighted by Crippen LogP contribution is -2.40. The van der Waals surface area contributed by atoms with Gasteiger partial charge < -0.3 is 10.2 Å². The first-order valence-electron chi connectivity index (χ1n) is 7.53. The standard InChI is InChI=1S/C18H18ClNO3S/c1-11-3-5-14(6-4-11)20-16(22)10-24-18(20,2)15-8-13(19)7-12(9-21)17(15)23/h3-8,21,23H,9-10H2,1-2H3. The third-order valence-corrected chi connectivity index (χ3v) is 5.84. The predicted octanol–water partition coefficient (Wildman–Crippen LogP) is 3.80. The van der Waals surface area contributed by atoms with E-state index in [2.05, 4.69) is 0 Å². The topological polar surface area (TPSA) is 60.8 Å². The second kappa shape index (κ2) is 6.31. The van der Waals surface area contributed by atoms with Crippen LogP contribution in [0.3, 0.4) is 0 Å². The minimum Gasteiger partial charge on any atom is -0.507 e. The molecular weight excluding hydrogens is 346 g/mol. The minimum atomic E-state index is -0.800. The Morgan fingerprint density at radius 1 is 1.29 bits per heavy atom. The average molecular weight is 364 g/mol. The van der Waals surface area contributed by atoms with Gasteiger partial charge in [-0.3, -0.25) is 9.69 Å². The molecule has 0 radical (unpaired) electrons. The van der Waals surface area contributed by atoms with Crippen molar-refractivity contribution in [3.8, 4) is 5.75 Å². The first kappa shape index (κ1) is 17.1. The Balaban J connectivity index is 2.16. The predicted molar refractivity (Wildman–Crippen MR) is 97.5 cm³/mol. The number of carbonyl (C=O) groups is 1. The van der Waals surface area contributed by atoms with Gasteiger partial charge in [0.15, 0.2) is 0 Å². The average Bonchev–Trinajstić information content (AvgIpc) is 2.86. The molecule has 1 saturated heterocycles. The summed E-state index contributed by atoms with van der Waals surface area (Å²) in [7, 11) is 0. The van der Waals surface area contributed by atoms with Gasteiger partial charge in [-0.15, -0.1) is 11.8 Å². The fourth-order valence-electron chi connectivity index (χ4n) is 2.98. The van der Waals surface area contributed by atoms with Gasteiger partial charge in [-0.2, -0.15) is 0 Å². The molecule has 2 aromatic rings. The maximum atomic E-state index is 12.5. The molecule has 24 heavy (non-hydrogen) atoms. The van der Waals surface area contributed by atoms with E-state index in [0.29, 0.717) is 21.9 Å². The van der Waals surface area contributed by atoms with Gasteiger partial charge in [-0.05, 0) is 38.1 Å². The Bertz CT molecular complexity index is 794. The van der Waals surface area contributed by atoms with E-state index in [1.807, 2.05) is 38.1 Å². The van der Waals surface area contributed by atoms with Crippen LogP contribution in [0.1, 0.15) is 23.6 Å². The highest BCUT2D eigenvalue weighted by molar-refractivity contribution is 8.01. The fraction of sp³-hybridized carbons (Fsp3) is 0.278. The number of benzene rings is 2. The molecule has 1 aliphatic rings. The SMILES string of the molecule is Cc1ccc(N2C(=O)CSC2(C)c2cc(Cl)cc(CO)c2O)cc1. The number of aryl methyl sites for hydroxylation is 1. The van der Waals surface area contributed by atoms with Crippen LogP contribution in [-0.4, -0.2) is 21.9 Å². The molecule has 0 aliphatic carbocycles. The van der Waals surface area contributed by atoms with Crippen LogP contribution in [0.4, 0.5) is 5.69 Å². The quantitative estimate of drug-likeness (QED) is 0.870. The van der Waals surface area contributed by atoms with Crippen molar-refractivity contribution in [2.75, 3.05) is 10.7 Å². The van der Waals surface area contributed by atoms with Crippen molar-refractivity contribution >= 4 is 35.0 Å². The highest BCUT2D eigenvalue weighted by Crippen LogP contribution is 2.51. The number of amides is 1. The Hall–Kier alpha value is -1.69. The molecule has 0 bridgehead atoms. The zero-order chi connectivity index (χ0) is 17.5. The van der Waals surface area contributed by atoms with Gasteiger partial charge >= 0.3 is 0 Å². The molecular formula is C18H18ClNO3S. The maximum absolute atomic E-state index is 12.5. The normalized spacial score (nSPS) is 20.7. The number of aromatic hydroxyl groups is 1. The summed E-state index contributed by atoms with van der Waals surface area (Å²) in [4.78, 5) is 13.4. The molecule has 0 spiro atoms. The Morgan fingerprint density at radius 3 is 2.58 bits per heavy atom. The second-order valence-corrected chi connectivity index (χ2v) is 7.76. The van der Waals surface area contributed by atoms with Crippen molar-refractivity contribution in [1.29, 1.82) is 0 Å². The van der Waals surface area contributed by atoms with Crippen LogP contribution in [-0.2, 0) is 16.3 Å². The Morgan fingerprint density at radius 2 is 1.96 bits per heavy atom. The molecule has 4 nitrogen and oxygen atoms in total. The molecule has 1 heterocycles. The van der Waals surface area contributed by atoms with E-state index < -0.39 is 4.87 Å². The number of phenols is 1. The maximum Gasteiger partial charge on any atom is 0.238 e. The number of halogens is 1. The third kappa shape index (κ3) is 2.77. The summed E-state index contributed by atoms with van der Waals surface area (Å²) in [5.74, 6) is 0.255. The number of hydrogen-bond donors (Lipinski definition) is 2. The van der Waals surface area contributed by atoms with E-state index in [9.17, 15) is 15.0 Å². The number of aliphatic hydroxyl groups excluding tert-OH is 1. The highest BCUT2D eigenvalue weighted by atomic mass is 35.5. The van der Waals surface area contributed by atoms with Gasteiger partial charge in [0.25, 0.3) is 0 Å². The van der Waals surface area contributed by atoms with E-state index in [4.69, 9.17) is 11.6 Å².